The summed E-state index contributed by atoms with van der Waals surface area (Å²) >= 11 is 0. The first-order chi connectivity index (χ1) is 8.17. The van der Waals surface area contributed by atoms with Crippen molar-refractivity contribution in [2.24, 2.45) is 11.7 Å². The average molecular weight is 238 g/mol. The molecule has 1 aromatic heterocycles. The number of hydrogen-bond donors (Lipinski definition) is 2. The van der Waals surface area contributed by atoms with Gasteiger partial charge in [-0.25, -0.2) is 0 Å². The zero-order chi connectivity index (χ0) is 12.7. The Morgan fingerprint density at radius 1 is 1.41 bits per heavy atom. The number of anilines is 1. The molecule has 96 valence electrons. The highest BCUT2D eigenvalue weighted by Crippen LogP contribution is 2.14. The maximum atomic E-state index is 5.60. The summed E-state index contributed by atoms with van der Waals surface area (Å²) in [7, 11) is 0. The summed E-state index contributed by atoms with van der Waals surface area (Å²) in [6, 6.07) is 0.311. The first-order valence-electron chi connectivity index (χ1n) is 6.08. The third kappa shape index (κ3) is 4.56. The Hall–Kier alpha value is -1.36. The standard InChI is InChI=1S/C12H22N4O/c1-4-17-12-8-14-7-11(16-12)15-10(5-6-13)9(2)3/h7-10H,4-6,13H2,1-3H3,(H,15,16). The minimum absolute atomic E-state index is 0.311. The van der Waals surface area contributed by atoms with E-state index in [-0.39, 0.29) is 0 Å². The third-order valence-corrected chi connectivity index (χ3v) is 2.52. The Labute approximate surface area is 103 Å². The lowest BCUT2D eigenvalue weighted by Gasteiger charge is -2.22. The van der Waals surface area contributed by atoms with Gasteiger partial charge in [0.05, 0.1) is 19.0 Å². The Morgan fingerprint density at radius 2 is 2.18 bits per heavy atom. The van der Waals surface area contributed by atoms with Crippen LogP contribution in [0.15, 0.2) is 12.4 Å². The van der Waals surface area contributed by atoms with Crippen molar-refractivity contribution in [2.45, 2.75) is 33.2 Å². The molecule has 0 saturated heterocycles. The van der Waals surface area contributed by atoms with Gasteiger partial charge in [0.25, 0.3) is 0 Å². The minimum Gasteiger partial charge on any atom is -0.477 e. The molecule has 0 saturated carbocycles. The highest BCUT2D eigenvalue weighted by atomic mass is 16.5. The van der Waals surface area contributed by atoms with Gasteiger partial charge in [-0.2, -0.15) is 4.98 Å². The SMILES string of the molecule is CCOc1cncc(NC(CCN)C(C)C)n1. The maximum Gasteiger partial charge on any atom is 0.234 e. The molecule has 0 aliphatic rings. The van der Waals surface area contributed by atoms with E-state index in [4.69, 9.17) is 10.5 Å². The van der Waals surface area contributed by atoms with Gasteiger partial charge in [-0.3, -0.25) is 4.98 Å². The summed E-state index contributed by atoms with van der Waals surface area (Å²) in [6.07, 6.45) is 4.23. The smallest absolute Gasteiger partial charge is 0.234 e. The molecule has 1 heterocycles. The van der Waals surface area contributed by atoms with E-state index in [0.717, 1.165) is 12.2 Å². The topological polar surface area (TPSA) is 73.1 Å². The van der Waals surface area contributed by atoms with Gasteiger partial charge in [-0.1, -0.05) is 13.8 Å². The summed E-state index contributed by atoms with van der Waals surface area (Å²) in [6.45, 7) is 7.50. The van der Waals surface area contributed by atoms with E-state index in [1.807, 2.05) is 6.92 Å². The second-order valence-corrected chi connectivity index (χ2v) is 4.25. The van der Waals surface area contributed by atoms with Crippen LogP contribution in [-0.2, 0) is 0 Å². The fourth-order valence-electron chi connectivity index (χ4n) is 1.58. The van der Waals surface area contributed by atoms with Crippen LogP contribution < -0.4 is 15.8 Å². The van der Waals surface area contributed by atoms with E-state index in [1.165, 1.54) is 0 Å². The highest BCUT2D eigenvalue weighted by molar-refractivity contribution is 5.34. The van der Waals surface area contributed by atoms with Gasteiger partial charge >= 0.3 is 0 Å². The predicted molar refractivity (Wildman–Crippen MR) is 69.1 cm³/mol. The highest BCUT2D eigenvalue weighted by Gasteiger charge is 2.13. The van der Waals surface area contributed by atoms with E-state index in [1.54, 1.807) is 12.4 Å². The maximum absolute atomic E-state index is 5.60. The zero-order valence-electron chi connectivity index (χ0n) is 10.8. The number of nitrogens with zero attached hydrogens (tertiary/aromatic N) is 2. The van der Waals surface area contributed by atoms with E-state index >= 15 is 0 Å². The van der Waals surface area contributed by atoms with Crippen LogP contribution in [-0.4, -0.2) is 29.2 Å². The van der Waals surface area contributed by atoms with E-state index in [0.29, 0.717) is 31.0 Å². The molecular formula is C12H22N4O. The number of hydrogen-bond acceptors (Lipinski definition) is 5. The Morgan fingerprint density at radius 3 is 2.76 bits per heavy atom. The Kier molecular flexibility index (Phi) is 5.69. The molecule has 0 spiro atoms. The van der Waals surface area contributed by atoms with Gasteiger partial charge in [0.15, 0.2) is 0 Å². The van der Waals surface area contributed by atoms with Crippen LogP contribution in [0.4, 0.5) is 5.82 Å². The van der Waals surface area contributed by atoms with Gasteiger partial charge in [0, 0.05) is 6.04 Å². The van der Waals surface area contributed by atoms with Gasteiger partial charge in [0.1, 0.15) is 5.82 Å². The van der Waals surface area contributed by atoms with Crippen LogP contribution in [0.3, 0.4) is 0 Å². The molecule has 0 aromatic carbocycles. The average Bonchev–Trinajstić information content (AvgIpc) is 2.29. The van der Waals surface area contributed by atoms with Gasteiger partial charge in [-0.05, 0) is 25.8 Å². The monoisotopic (exact) mass is 238 g/mol. The first kappa shape index (κ1) is 13.7. The van der Waals surface area contributed by atoms with E-state index in [9.17, 15) is 0 Å². The van der Waals surface area contributed by atoms with Gasteiger partial charge in [0.2, 0.25) is 5.88 Å². The molecule has 1 atom stereocenters. The van der Waals surface area contributed by atoms with Crippen molar-refractivity contribution in [3.63, 3.8) is 0 Å². The van der Waals surface area contributed by atoms with Gasteiger partial charge in [-0.15, -0.1) is 0 Å². The molecule has 3 N–H and O–H groups in total. The summed E-state index contributed by atoms with van der Waals surface area (Å²) in [5.74, 6) is 1.78. The molecule has 17 heavy (non-hydrogen) atoms. The van der Waals surface area contributed by atoms with Crippen LogP contribution in [0.25, 0.3) is 0 Å². The van der Waals surface area contributed by atoms with Crippen LogP contribution in [0.1, 0.15) is 27.2 Å². The summed E-state index contributed by atoms with van der Waals surface area (Å²) in [5.41, 5.74) is 5.60. The number of nitrogens with one attached hydrogen (secondary N) is 1. The van der Waals surface area contributed by atoms with Crippen molar-refractivity contribution < 1.29 is 4.74 Å². The van der Waals surface area contributed by atoms with E-state index in [2.05, 4.69) is 29.1 Å². The van der Waals surface area contributed by atoms with Crippen LogP contribution in [0.5, 0.6) is 5.88 Å². The molecule has 5 nitrogen and oxygen atoms in total. The van der Waals surface area contributed by atoms with Crippen LogP contribution in [0, 0.1) is 5.92 Å². The molecule has 5 heteroatoms. The molecule has 1 unspecified atom stereocenters. The summed E-state index contributed by atoms with van der Waals surface area (Å²) in [4.78, 5) is 8.42. The molecule has 0 aliphatic heterocycles. The number of aromatic nitrogens is 2. The Bertz CT molecular complexity index is 330. The Balaban J connectivity index is 2.68. The lowest BCUT2D eigenvalue weighted by atomic mass is 10.0. The van der Waals surface area contributed by atoms with Crippen molar-refractivity contribution in [3.05, 3.63) is 12.4 Å². The van der Waals surface area contributed by atoms with Crippen molar-refractivity contribution in [2.75, 3.05) is 18.5 Å². The van der Waals surface area contributed by atoms with Crippen molar-refractivity contribution in [1.29, 1.82) is 0 Å². The normalized spacial score (nSPS) is 12.5. The summed E-state index contributed by atoms with van der Waals surface area (Å²) in [5, 5.41) is 3.34. The number of nitrogens with two attached hydrogens (primary N) is 1. The number of rotatable bonds is 7. The van der Waals surface area contributed by atoms with Gasteiger partial charge < -0.3 is 15.8 Å². The number of ether oxygens (including phenoxy) is 1. The second-order valence-electron chi connectivity index (χ2n) is 4.25. The van der Waals surface area contributed by atoms with Crippen molar-refractivity contribution in [3.8, 4) is 5.88 Å². The molecule has 0 radical (unpaired) electrons. The lowest BCUT2D eigenvalue weighted by molar-refractivity contribution is 0.325. The quantitative estimate of drug-likeness (QED) is 0.755. The lowest BCUT2D eigenvalue weighted by Crippen LogP contribution is -2.28. The largest absolute Gasteiger partial charge is 0.477 e. The molecular weight excluding hydrogens is 216 g/mol. The molecule has 1 aromatic rings. The third-order valence-electron chi connectivity index (χ3n) is 2.52. The van der Waals surface area contributed by atoms with E-state index < -0.39 is 0 Å². The molecule has 0 bridgehead atoms. The fourth-order valence-corrected chi connectivity index (χ4v) is 1.58. The van der Waals surface area contributed by atoms with Crippen LogP contribution >= 0.6 is 0 Å². The minimum atomic E-state index is 0.311. The zero-order valence-corrected chi connectivity index (χ0v) is 10.8. The molecule has 0 fully saturated rings. The fraction of sp³-hybridized carbons (Fsp3) is 0.667. The first-order valence-corrected chi connectivity index (χ1v) is 6.08. The predicted octanol–water partition coefficient (Wildman–Crippen LogP) is 1.66. The summed E-state index contributed by atoms with van der Waals surface area (Å²) < 4.78 is 5.31. The molecule has 0 aliphatic carbocycles. The second kappa shape index (κ2) is 7.06. The van der Waals surface area contributed by atoms with Crippen molar-refractivity contribution >= 4 is 5.82 Å². The molecule has 1 rings (SSSR count). The van der Waals surface area contributed by atoms with Crippen molar-refractivity contribution in [1.82, 2.24) is 9.97 Å². The molecule has 0 amide bonds. The van der Waals surface area contributed by atoms with Crippen LogP contribution in [0.2, 0.25) is 0 Å².